The molecule has 3 rings (SSSR count). The third-order valence-electron chi connectivity index (χ3n) is 4.18. The molecular weight excluding hydrogens is 242 g/mol. The van der Waals surface area contributed by atoms with Crippen LogP contribution in [0.3, 0.4) is 0 Å². The van der Waals surface area contributed by atoms with Crippen LogP contribution >= 0.6 is 0 Å². The molecule has 3 aromatic rings. The largest absolute Gasteiger partial charge is 0.355 e. The second-order valence-electron chi connectivity index (χ2n) is 6.88. The summed E-state index contributed by atoms with van der Waals surface area (Å²) in [6.07, 6.45) is 1.20. The molecule has 1 heterocycles. The fourth-order valence-corrected chi connectivity index (χ4v) is 3.60. The second kappa shape index (κ2) is 4.66. The van der Waals surface area contributed by atoms with Crippen molar-refractivity contribution >= 4 is 21.8 Å². The van der Waals surface area contributed by atoms with Gasteiger partial charge in [-0.2, -0.15) is 0 Å². The number of nitrogens with one attached hydrogen (secondary N) is 1. The average molecular weight is 265 g/mol. The molecule has 0 bridgehead atoms. The van der Waals surface area contributed by atoms with Crippen LogP contribution in [0.1, 0.15) is 39.7 Å². The Morgan fingerprint density at radius 1 is 0.950 bits per heavy atom. The van der Waals surface area contributed by atoms with Crippen LogP contribution in [0.4, 0.5) is 0 Å². The summed E-state index contributed by atoms with van der Waals surface area (Å²) in [5.41, 5.74) is 4.13. The molecule has 2 aromatic carbocycles. The van der Waals surface area contributed by atoms with E-state index >= 15 is 0 Å². The van der Waals surface area contributed by atoms with Crippen molar-refractivity contribution in [3.05, 3.63) is 48.0 Å². The number of H-pyrrole nitrogens is 1. The first-order valence-corrected chi connectivity index (χ1v) is 7.49. The molecule has 0 aliphatic heterocycles. The lowest BCUT2D eigenvalue weighted by Crippen LogP contribution is -2.20. The Morgan fingerprint density at radius 2 is 1.65 bits per heavy atom. The van der Waals surface area contributed by atoms with Crippen molar-refractivity contribution in [1.29, 1.82) is 0 Å². The summed E-state index contributed by atoms with van der Waals surface area (Å²) in [6, 6.07) is 15.3. The van der Waals surface area contributed by atoms with E-state index in [4.69, 9.17) is 0 Å². The minimum Gasteiger partial charge on any atom is -0.355 e. The topological polar surface area (TPSA) is 15.8 Å². The molecule has 0 atom stereocenters. The van der Waals surface area contributed by atoms with E-state index in [1.807, 2.05) is 0 Å². The van der Waals surface area contributed by atoms with Gasteiger partial charge >= 0.3 is 0 Å². The Hall–Kier alpha value is -1.76. The highest BCUT2D eigenvalue weighted by molar-refractivity contribution is 6.09. The van der Waals surface area contributed by atoms with Crippen LogP contribution in [-0.4, -0.2) is 4.98 Å². The van der Waals surface area contributed by atoms with Crippen molar-refractivity contribution in [3.63, 3.8) is 0 Å². The molecular formula is C19H23N. The van der Waals surface area contributed by atoms with Crippen LogP contribution in [0.5, 0.6) is 0 Å². The van der Waals surface area contributed by atoms with Crippen molar-refractivity contribution in [3.8, 4) is 0 Å². The van der Waals surface area contributed by atoms with E-state index in [-0.39, 0.29) is 5.41 Å². The number of benzene rings is 2. The Bertz CT molecular complexity index is 747. The number of aromatic amines is 1. The normalized spacial score (nSPS) is 12.7. The van der Waals surface area contributed by atoms with E-state index in [0.29, 0.717) is 5.92 Å². The van der Waals surface area contributed by atoms with Crippen molar-refractivity contribution < 1.29 is 0 Å². The Kier molecular flexibility index (Phi) is 3.08. The van der Waals surface area contributed by atoms with Crippen LogP contribution in [0, 0.1) is 5.92 Å². The zero-order valence-corrected chi connectivity index (χ0v) is 12.8. The van der Waals surface area contributed by atoms with E-state index in [1.165, 1.54) is 33.8 Å². The van der Waals surface area contributed by atoms with Crippen molar-refractivity contribution in [2.24, 2.45) is 5.92 Å². The molecule has 0 aliphatic carbocycles. The van der Waals surface area contributed by atoms with E-state index in [2.05, 4.69) is 75.1 Å². The third-order valence-corrected chi connectivity index (χ3v) is 4.18. The summed E-state index contributed by atoms with van der Waals surface area (Å²) >= 11 is 0. The van der Waals surface area contributed by atoms with E-state index in [0.717, 1.165) is 0 Å². The summed E-state index contributed by atoms with van der Waals surface area (Å²) in [4.78, 5) is 3.54. The van der Waals surface area contributed by atoms with Crippen molar-refractivity contribution in [2.45, 2.75) is 39.5 Å². The maximum Gasteiger partial charge on any atom is 0.0467 e. The van der Waals surface area contributed by atoms with Crippen LogP contribution in [-0.2, 0) is 5.41 Å². The van der Waals surface area contributed by atoms with E-state index in [9.17, 15) is 0 Å². The molecule has 1 heteroatoms. The van der Waals surface area contributed by atoms with Crippen molar-refractivity contribution in [1.82, 2.24) is 4.98 Å². The standard InChI is InChI=1S/C19H23N/c1-13(2)12-19(3,4)15-9-7-11-17-18(15)14-8-5-6-10-16(14)20-17/h5-11,13,20H,12H2,1-4H3. The first-order chi connectivity index (χ1) is 9.49. The minimum absolute atomic E-state index is 0.193. The van der Waals surface area contributed by atoms with Crippen LogP contribution in [0.2, 0.25) is 0 Å². The number of hydrogen-bond donors (Lipinski definition) is 1. The monoisotopic (exact) mass is 265 g/mol. The van der Waals surface area contributed by atoms with Gasteiger partial charge in [0.25, 0.3) is 0 Å². The predicted octanol–water partition coefficient (Wildman–Crippen LogP) is 5.64. The number of rotatable bonds is 3. The van der Waals surface area contributed by atoms with Gasteiger partial charge in [-0.3, -0.25) is 0 Å². The van der Waals surface area contributed by atoms with Gasteiger partial charge in [0.05, 0.1) is 0 Å². The van der Waals surface area contributed by atoms with Gasteiger partial charge in [0.15, 0.2) is 0 Å². The van der Waals surface area contributed by atoms with Gasteiger partial charge in [-0.1, -0.05) is 58.0 Å². The fourth-order valence-electron chi connectivity index (χ4n) is 3.60. The van der Waals surface area contributed by atoms with Gasteiger partial charge in [0.2, 0.25) is 0 Å². The Balaban J connectivity index is 2.30. The highest BCUT2D eigenvalue weighted by Gasteiger charge is 2.25. The zero-order chi connectivity index (χ0) is 14.3. The van der Waals surface area contributed by atoms with Gasteiger partial charge in [-0.15, -0.1) is 0 Å². The van der Waals surface area contributed by atoms with Crippen LogP contribution < -0.4 is 0 Å². The summed E-state index contributed by atoms with van der Waals surface area (Å²) < 4.78 is 0. The lowest BCUT2D eigenvalue weighted by Gasteiger charge is -2.28. The molecule has 0 aliphatic rings. The van der Waals surface area contributed by atoms with Gasteiger partial charge in [-0.05, 0) is 35.4 Å². The number of para-hydroxylation sites is 1. The number of aromatic nitrogens is 1. The molecule has 0 amide bonds. The molecule has 0 saturated heterocycles. The van der Waals surface area contributed by atoms with E-state index in [1.54, 1.807) is 0 Å². The maximum absolute atomic E-state index is 3.54. The molecule has 1 nitrogen and oxygen atoms in total. The van der Waals surface area contributed by atoms with Gasteiger partial charge in [0, 0.05) is 21.8 Å². The summed E-state index contributed by atoms with van der Waals surface area (Å²) in [5.74, 6) is 0.700. The molecule has 0 unspecified atom stereocenters. The van der Waals surface area contributed by atoms with Gasteiger partial charge in [-0.25, -0.2) is 0 Å². The van der Waals surface area contributed by atoms with Crippen LogP contribution in [0.15, 0.2) is 42.5 Å². The Labute approximate surface area is 121 Å². The number of hydrogen-bond acceptors (Lipinski definition) is 0. The molecule has 1 N–H and O–H groups in total. The van der Waals surface area contributed by atoms with Gasteiger partial charge < -0.3 is 4.98 Å². The molecule has 20 heavy (non-hydrogen) atoms. The molecule has 104 valence electrons. The summed E-state index contributed by atoms with van der Waals surface area (Å²) in [6.45, 7) is 9.33. The smallest absolute Gasteiger partial charge is 0.0467 e. The lowest BCUT2D eigenvalue weighted by molar-refractivity contribution is 0.402. The number of fused-ring (bicyclic) bond motifs is 3. The highest BCUT2D eigenvalue weighted by Crippen LogP contribution is 2.38. The van der Waals surface area contributed by atoms with Gasteiger partial charge in [0.1, 0.15) is 0 Å². The molecule has 0 fully saturated rings. The van der Waals surface area contributed by atoms with Crippen LogP contribution in [0.25, 0.3) is 21.8 Å². The fraction of sp³-hybridized carbons (Fsp3) is 0.368. The highest BCUT2D eigenvalue weighted by atomic mass is 14.7. The summed E-state index contributed by atoms with van der Waals surface area (Å²) in [5, 5.41) is 2.74. The minimum atomic E-state index is 0.193. The first kappa shape index (κ1) is 13.2. The average Bonchev–Trinajstić information content (AvgIpc) is 2.75. The SMILES string of the molecule is CC(C)CC(C)(C)c1cccc2[nH]c3ccccc3c12. The van der Waals surface area contributed by atoms with E-state index < -0.39 is 0 Å². The quantitative estimate of drug-likeness (QED) is 0.630. The zero-order valence-electron chi connectivity index (χ0n) is 12.8. The predicted molar refractivity (Wildman–Crippen MR) is 88.3 cm³/mol. The maximum atomic E-state index is 3.54. The Morgan fingerprint density at radius 3 is 2.40 bits per heavy atom. The molecule has 0 radical (unpaired) electrons. The first-order valence-electron chi connectivity index (χ1n) is 7.49. The van der Waals surface area contributed by atoms with Crippen molar-refractivity contribution in [2.75, 3.05) is 0 Å². The molecule has 1 aromatic heterocycles. The molecule has 0 spiro atoms. The third kappa shape index (κ3) is 2.11. The second-order valence-corrected chi connectivity index (χ2v) is 6.88. The lowest BCUT2D eigenvalue weighted by atomic mass is 9.76. The summed E-state index contributed by atoms with van der Waals surface area (Å²) in [7, 11) is 0. The molecule has 0 saturated carbocycles.